The topological polar surface area (TPSA) is 23.9 Å². The molecule has 0 radical (unpaired) electrons. The molecule has 0 spiro atoms. The van der Waals surface area contributed by atoms with Gasteiger partial charge in [-0.3, -0.25) is 0 Å². The Hall–Kier alpha value is -1.51. The molecule has 0 aliphatic rings. The van der Waals surface area contributed by atoms with Crippen LogP contribution < -0.4 is 0 Å². The fourth-order valence-corrected chi connectivity index (χ4v) is 0.919. The normalized spacial score (nSPS) is 9.77. The monoisotopic (exact) mass is 181 g/mol. The van der Waals surface area contributed by atoms with Crippen LogP contribution in [0.4, 0.5) is 8.78 Å². The molecule has 1 nitrogen and oxygen atoms in total. The SMILES string of the molecule is C=CC(=N)c1cc(F)c(C)c(F)c1. The van der Waals surface area contributed by atoms with E-state index in [-0.39, 0.29) is 16.8 Å². The number of benzene rings is 1. The molecule has 0 saturated carbocycles. The minimum Gasteiger partial charge on any atom is -0.300 e. The predicted molar refractivity (Wildman–Crippen MR) is 48.1 cm³/mol. The van der Waals surface area contributed by atoms with E-state index in [9.17, 15) is 8.78 Å². The highest BCUT2D eigenvalue weighted by atomic mass is 19.1. The van der Waals surface area contributed by atoms with E-state index >= 15 is 0 Å². The molecule has 13 heavy (non-hydrogen) atoms. The molecule has 0 saturated heterocycles. The summed E-state index contributed by atoms with van der Waals surface area (Å²) in [5.41, 5.74) is 0.189. The van der Waals surface area contributed by atoms with E-state index in [1.54, 1.807) is 0 Å². The van der Waals surface area contributed by atoms with Gasteiger partial charge in [0.05, 0.1) is 5.71 Å². The maximum atomic E-state index is 13.0. The number of hydrogen-bond donors (Lipinski definition) is 1. The third kappa shape index (κ3) is 1.80. The van der Waals surface area contributed by atoms with Crippen LogP contribution in [0.2, 0.25) is 0 Å². The summed E-state index contributed by atoms with van der Waals surface area (Å²) in [4.78, 5) is 0. The molecule has 1 aromatic rings. The van der Waals surface area contributed by atoms with Gasteiger partial charge in [-0.1, -0.05) is 6.58 Å². The Balaban J connectivity index is 3.28. The van der Waals surface area contributed by atoms with Crippen LogP contribution in [-0.4, -0.2) is 5.71 Å². The highest BCUT2D eigenvalue weighted by Crippen LogP contribution is 2.14. The van der Waals surface area contributed by atoms with Gasteiger partial charge in [-0.05, 0) is 25.1 Å². The quantitative estimate of drug-likeness (QED) is 0.678. The van der Waals surface area contributed by atoms with Crippen LogP contribution in [0.25, 0.3) is 0 Å². The summed E-state index contributed by atoms with van der Waals surface area (Å²) < 4.78 is 25.9. The first-order chi connectivity index (χ1) is 6.06. The molecule has 0 unspecified atom stereocenters. The van der Waals surface area contributed by atoms with Crippen molar-refractivity contribution in [1.82, 2.24) is 0 Å². The van der Waals surface area contributed by atoms with Crippen molar-refractivity contribution in [2.24, 2.45) is 0 Å². The van der Waals surface area contributed by atoms with E-state index in [2.05, 4.69) is 6.58 Å². The molecule has 3 heteroatoms. The van der Waals surface area contributed by atoms with Crippen LogP contribution in [-0.2, 0) is 0 Å². The Morgan fingerprint density at radius 1 is 1.38 bits per heavy atom. The lowest BCUT2D eigenvalue weighted by molar-refractivity contribution is 0.567. The summed E-state index contributed by atoms with van der Waals surface area (Å²) in [6, 6.07) is 2.25. The van der Waals surface area contributed by atoms with E-state index in [0.29, 0.717) is 0 Å². The average Bonchev–Trinajstić information content (AvgIpc) is 2.12. The molecular weight excluding hydrogens is 172 g/mol. The van der Waals surface area contributed by atoms with Crippen molar-refractivity contribution in [3.8, 4) is 0 Å². The summed E-state index contributed by atoms with van der Waals surface area (Å²) in [5.74, 6) is -1.27. The lowest BCUT2D eigenvalue weighted by Crippen LogP contribution is -1.98. The molecule has 1 rings (SSSR count). The molecule has 0 atom stereocenters. The Morgan fingerprint density at radius 3 is 2.23 bits per heavy atom. The van der Waals surface area contributed by atoms with E-state index in [0.717, 1.165) is 12.1 Å². The van der Waals surface area contributed by atoms with Crippen molar-refractivity contribution in [2.45, 2.75) is 6.92 Å². The van der Waals surface area contributed by atoms with Crippen LogP contribution in [0.15, 0.2) is 24.8 Å². The molecule has 1 N–H and O–H groups in total. The summed E-state index contributed by atoms with van der Waals surface area (Å²) in [6.45, 7) is 4.70. The van der Waals surface area contributed by atoms with E-state index in [1.165, 1.54) is 13.0 Å². The van der Waals surface area contributed by atoms with E-state index in [4.69, 9.17) is 5.41 Å². The second-order valence-corrected chi connectivity index (χ2v) is 2.68. The van der Waals surface area contributed by atoms with Gasteiger partial charge in [0.2, 0.25) is 0 Å². The number of allylic oxidation sites excluding steroid dienone is 1. The van der Waals surface area contributed by atoms with Gasteiger partial charge in [0.1, 0.15) is 11.6 Å². The number of hydrogen-bond acceptors (Lipinski definition) is 1. The van der Waals surface area contributed by atoms with Crippen molar-refractivity contribution in [2.75, 3.05) is 0 Å². The first kappa shape index (κ1) is 9.58. The molecule has 0 amide bonds. The predicted octanol–water partition coefficient (Wildman–Crippen LogP) is 2.83. The van der Waals surface area contributed by atoms with Crippen LogP contribution in [0.3, 0.4) is 0 Å². The zero-order chi connectivity index (χ0) is 10.0. The largest absolute Gasteiger partial charge is 0.300 e. The van der Waals surface area contributed by atoms with Gasteiger partial charge >= 0.3 is 0 Å². The van der Waals surface area contributed by atoms with Crippen molar-refractivity contribution >= 4 is 5.71 Å². The molecular formula is C10H9F2N. The van der Waals surface area contributed by atoms with Gasteiger partial charge in [-0.2, -0.15) is 0 Å². The maximum absolute atomic E-state index is 13.0. The minimum absolute atomic E-state index is 0.0119. The lowest BCUT2D eigenvalue weighted by atomic mass is 10.1. The Labute approximate surface area is 75.2 Å². The van der Waals surface area contributed by atoms with Gasteiger partial charge in [-0.25, -0.2) is 8.78 Å². The van der Waals surface area contributed by atoms with Crippen molar-refractivity contribution in [1.29, 1.82) is 5.41 Å². The number of rotatable bonds is 2. The highest BCUT2D eigenvalue weighted by Gasteiger charge is 2.07. The standard InChI is InChI=1S/C10H9F2N/c1-3-10(13)7-4-8(11)6(2)9(12)5-7/h3-5,13H,1H2,2H3. The van der Waals surface area contributed by atoms with Gasteiger partial charge in [-0.15, -0.1) is 0 Å². The molecule has 0 fully saturated rings. The second-order valence-electron chi connectivity index (χ2n) is 2.68. The summed E-state index contributed by atoms with van der Waals surface area (Å²) in [5, 5.41) is 7.29. The number of halogens is 2. The van der Waals surface area contributed by atoms with Gasteiger partial charge in [0.15, 0.2) is 0 Å². The van der Waals surface area contributed by atoms with Gasteiger partial charge in [0.25, 0.3) is 0 Å². The lowest BCUT2D eigenvalue weighted by Gasteiger charge is -2.02. The maximum Gasteiger partial charge on any atom is 0.129 e. The first-order valence-electron chi connectivity index (χ1n) is 3.73. The molecule has 0 heterocycles. The Morgan fingerprint density at radius 2 is 1.85 bits per heavy atom. The first-order valence-corrected chi connectivity index (χ1v) is 3.73. The van der Waals surface area contributed by atoms with Crippen molar-refractivity contribution < 1.29 is 8.78 Å². The van der Waals surface area contributed by atoms with E-state index < -0.39 is 11.6 Å². The van der Waals surface area contributed by atoms with Crippen LogP contribution in [0, 0.1) is 24.0 Å². The van der Waals surface area contributed by atoms with Crippen LogP contribution in [0.5, 0.6) is 0 Å². The van der Waals surface area contributed by atoms with Gasteiger partial charge in [0, 0.05) is 11.1 Å². The highest BCUT2D eigenvalue weighted by molar-refractivity contribution is 6.06. The molecule has 0 aliphatic heterocycles. The summed E-state index contributed by atoms with van der Waals surface area (Å²) in [7, 11) is 0. The summed E-state index contributed by atoms with van der Waals surface area (Å²) in [6.07, 6.45) is 1.24. The van der Waals surface area contributed by atoms with Gasteiger partial charge < -0.3 is 5.41 Å². The van der Waals surface area contributed by atoms with Crippen LogP contribution in [0.1, 0.15) is 11.1 Å². The molecule has 0 aromatic heterocycles. The zero-order valence-corrected chi connectivity index (χ0v) is 7.20. The van der Waals surface area contributed by atoms with Crippen molar-refractivity contribution in [3.63, 3.8) is 0 Å². The third-order valence-electron chi connectivity index (χ3n) is 1.80. The molecule has 0 aliphatic carbocycles. The minimum atomic E-state index is -0.637. The second kappa shape index (κ2) is 3.47. The summed E-state index contributed by atoms with van der Waals surface area (Å²) >= 11 is 0. The molecule has 1 aromatic carbocycles. The Kier molecular flexibility index (Phi) is 2.56. The fourth-order valence-electron chi connectivity index (χ4n) is 0.919. The molecule has 0 bridgehead atoms. The Bertz CT molecular complexity index is 346. The smallest absolute Gasteiger partial charge is 0.129 e. The fraction of sp³-hybridized carbons (Fsp3) is 0.100. The average molecular weight is 181 g/mol. The number of nitrogens with one attached hydrogen (secondary N) is 1. The third-order valence-corrected chi connectivity index (χ3v) is 1.80. The van der Waals surface area contributed by atoms with Crippen molar-refractivity contribution in [3.05, 3.63) is 47.5 Å². The zero-order valence-electron chi connectivity index (χ0n) is 7.20. The van der Waals surface area contributed by atoms with Crippen LogP contribution >= 0.6 is 0 Å². The van der Waals surface area contributed by atoms with E-state index in [1.807, 2.05) is 0 Å². The molecule has 68 valence electrons.